The van der Waals surface area contributed by atoms with Crippen molar-refractivity contribution in [3.05, 3.63) is 95.1 Å². The number of alkyl carbamates (subject to hydrolysis) is 1. The van der Waals surface area contributed by atoms with Gasteiger partial charge in [-0.2, -0.15) is 0 Å². The molecule has 0 saturated carbocycles. The molecule has 3 aromatic rings. The molecule has 2 amide bonds. The van der Waals surface area contributed by atoms with Crippen LogP contribution >= 0.6 is 0 Å². The van der Waals surface area contributed by atoms with Crippen molar-refractivity contribution >= 4 is 18.2 Å². The molecule has 0 unspecified atom stereocenters. The fraction of sp³-hybridized carbons (Fsp3) is 0.323. The molecule has 2 N–H and O–H groups in total. The summed E-state index contributed by atoms with van der Waals surface area (Å²) in [5.74, 6) is -1.34. The number of carboxylic acid groups (broad SMARTS) is 1. The summed E-state index contributed by atoms with van der Waals surface area (Å²) in [6.45, 7) is 6.10. The predicted octanol–water partition coefficient (Wildman–Crippen LogP) is 5.63. The number of ether oxygens (including phenoxy) is 2. The standard InChI is InChI=1S/C31H32N2O6/c1-31(2,3)39-29(36)32-27-17-33(16-25(27)19-12-14-20(15-13-19)28(34)35)30(37)38-18-26-23-10-6-4-8-21(23)22-9-5-7-11-24(22)26/h4-15,25-27H,16-18H2,1-3H3,(H,32,36)(H,34,35)/t25-,27+/m0/s1. The molecule has 0 radical (unpaired) electrons. The third-order valence-electron chi connectivity index (χ3n) is 7.20. The molecule has 0 aromatic heterocycles. The molecule has 3 aromatic carbocycles. The maximum atomic E-state index is 13.3. The predicted molar refractivity (Wildman–Crippen MR) is 146 cm³/mol. The van der Waals surface area contributed by atoms with Gasteiger partial charge in [0.2, 0.25) is 0 Å². The second kappa shape index (κ2) is 10.4. The quantitative estimate of drug-likeness (QED) is 0.445. The zero-order valence-corrected chi connectivity index (χ0v) is 22.2. The Bertz CT molecular complexity index is 1350. The van der Waals surface area contributed by atoms with Crippen molar-refractivity contribution in [3.8, 4) is 11.1 Å². The van der Waals surface area contributed by atoms with Gasteiger partial charge in [0.05, 0.1) is 11.6 Å². The minimum Gasteiger partial charge on any atom is -0.478 e. The molecule has 8 nitrogen and oxygen atoms in total. The lowest BCUT2D eigenvalue weighted by molar-refractivity contribution is 0.0499. The van der Waals surface area contributed by atoms with Crippen LogP contribution in [-0.2, 0) is 9.47 Å². The van der Waals surface area contributed by atoms with Gasteiger partial charge in [-0.3, -0.25) is 0 Å². The minimum absolute atomic E-state index is 0.0565. The van der Waals surface area contributed by atoms with Gasteiger partial charge in [-0.05, 0) is 60.7 Å². The second-order valence-corrected chi connectivity index (χ2v) is 11.0. The van der Waals surface area contributed by atoms with Crippen molar-refractivity contribution in [2.75, 3.05) is 19.7 Å². The number of carbonyl (C=O) groups is 3. The van der Waals surface area contributed by atoms with Crippen molar-refractivity contribution in [1.29, 1.82) is 0 Å². The van der Waals surface area contributed by atoms with E-state index in [1.165, 1.54) is 12.1 Å². The summed E-state index contributed by atoms with van der Waals surface area (Å²) in [7, 11) is 0. The van der Waals surface area contributed by atoms with Gasteiger partial charge >= 0.3 is 18.2 Å². The van der Waals surface area contributed by atoms with Crippen LogP contribution in [0, 0.1) is 0 Å². The summed E-state index contributed by atoms with van der Waals surface area (Å²) >= 11 is 0. The zero-order chi connectivity index (χ0) is 27.7. The van der Waals surface area contributed by atoms with Crippen LogP contribution in [0.3, 0.4) is 0 Å². The van der Waals surface area contributed by atoms with E-state index in [1.54, 1.807) is 37.8 Å². The molecule has 39 heavy (non-hydrogen) atoms. The molecule has 0 spiro atoms. The number of carbonyl (C=O) groups excluding carboxylic acids is 2. The number of carboxylic acids is 1. The Morgan fingerprint density at radius 2 is 1.49 bits per heavy atom. The highest BCUT2D eigenvalue weighted by molar-refractivity contribution is 5.87. The highest BCUT2D eigenvalue weighted by atomic mass is 16.6. The third-order valence-corrected chi connectivity index (χ3v) is 7.20. The molecule has 1 aliphatic carbocycles. The van der Waals surface area contributed by atoms with E-state index in [0.29, 0.717) is 6.54 Å². The molecule has 1 fully saturated rings. The lowest BCUT2D eigenvalue weighted by Crippen LogP contribution is -2.43. The van der Waals surface area contributed by atoms with Gasteiger partial charge < -0.3 is 24.8 Å². The summed E-state index contributed by atoms with van der Waals surface area (Å²) in [5, 5.41) is 12.2. The Labute approximate surface area is 227 Å². The SMILES string of the molecule is CC(C)(C)OC(=O)N[C@@H]1CN(C(=O)OCC2c3ccccc3-c3ccccc32)C[C@H]1c1ccc(C(=O)O)cc1. The first-order valence-corrected chi connectivity index (χ1v) is 13.0. The monoisotopic (exact) mass is 528 g/mol. The Kier molecular flexibility index (Phi) is 7.04. The van der Waals surface area contributed by atoms with E-state index in [1.807, 2.05) is 24.3 Å². The van der Waals surface area contributed by atoms with Crippen LogP contribution in [0.5, 0.6) is 0 Å². The number of hydrogen-bond donors (Lipinski definition) is 2. The molecule has 5 rings (SSSR count). The van der Waals surface area contributed by atoms with E-state index >= 15 is 0 Å². The molecule has 1 aliphatic heterocycles. The van der Waals surface area contributed by atoms with Crippen molar-refractivity contribution in [1.82, 2.24) is 10.2 Å². The number of nitrogens with one attached hydrogen (secondary N) is 1. The average Bonchev–Trinajstić information content (AvgIpc) is 3.45. The van der Waals surface area contributed by atoms with Crippen molar-refractivity contribution in [2.24, 2.45) is 0 Å². The maximum absolute atomic E-state index is 13.3. The largest absolute Gasteiger partial charge is 0.478 e. The highest BCUT2D eigenvalue weighted by Gasteiger charge is 2.39. The van der Waals surface area contributed by atoms with Crippen LogP contribution in [0.25, 0.3) is 11.1 Å². The molecule has 8 heteroatoms. The summed E-state index contributed by atoms with van der Waals surface area (Å²) in [6.07, 6.45) is -1.04. The first-order chi connectivity index (χ1) is 18.6. The summed E-state index contributed by atoms with van der Waals surface area (Å²) in [5.41, 5.74) is 4.89. The van der Waals surface area contributed by atoms with E-state index in [9.17, 15) is 19.5 Å². The first kappa shape index (κ1) is 26.3. The lowest BCUT2D eigenvalue weighted by atomic mass is 9.93. The van der Waals surface area contributed by atoms with Crippen molar-refractivity contribution in [3.63, 3.8) is 0 Å². The smallest absolute Gasteiger partial charge is 0.409 e. The number of benzene rings is 3. The molecule has 1 saturated heterocycles. The second-order valence-electron chi connectivity index (χ2n) is 11.0. The number of aromatic carboxylic acids is 1. The highest BCUT2D eigenvalue weighted by Crippen LogP contribution is 2.44. The van der Waals surface area contributed by atoms with Gasteiger partial charge in [0, 0.05) is 24.9 Å². The first-order valence-electron chi connectivity index (χ1n) is 13.0. The van der Waals surface area contributed by atoms with Crippen LogP contribution in [0.15, 0.2) is 72.8 Å². The van der Waals surface area contributed by atoms with Gasteiger partial charge in [0.1, 0.15) is 12.2 Å². The fourth-order valence-electron chi connectivity index (χ4n) is 5.45. The van der Waals surface area contributed by atoms with Crippen LogP contribution in [-0.4, -0.2) is 59.5 Å². The summed E-state index contributed by atoms with van der Waals surface area (Å²) in [4.78, 5) is 38.8. The Morgan fingerprint density at radius 1 is 0.897 bits per heavy atom. The number of amides is 2. The zero-order valence-electron chi connectivity index (χ0n) is 22.2. The summed E-state index contributed by atoms with van der Waals surface area (Å²) in [6, 6.07) is 22.4. The minimum atomic E-state index is -1.02. The van der Waals surface area contributed by atoms with Crippen LogP contribution < -0.4 is 5.32 Å². The number of fused-ring (bicyclic) bond motifs is 3. The van der Waals surface area contributed by atoms with Gasteiger partial charge in [0.25, 0.3) is 0 Å². The third kappa shape index (κ3) is 5.60. The molecule has 0 bridgehead atoms. The molecule has 2 atom stereocenters. The molecule has 2 aliphatic rings. The number of hydrogen-bond acceptors (Lipinski definition) is 5. The number of likely N-dealkylation sites (tertiary alicyclic amines) is 1. The van der Waals surface area contributed by atoms with E-state index in [0.717, 1.165) is 27.8 Å². The molecular weight excluding hydrogens is 496 g/mol. The van der Waals surface area contributed by atoms with E-state index in [2.05, 4.69) is 29.6 Å². The van der Waals surface area contributed by atoms with Crippen LogP contribution in [0.2, 0.25) is 0 Å². The maximum Gasteiger partial charge on any atom is 0.409 e. The Balaban J connectivity index is 1.31. The molecule has 1 heterocycles. The van der Waals surface area contributed by atoms with E-state index in [-0.39, 0.29) is 30.6 Å². The number of rotatable bonds is 5. The van der Waals surface area contributed by atoms with Gasteiger partial charge in [-0.25, -0.2) is 14.4 Å². The van der Waals surface area contributed by atoms with Crippen LogP contribution in [0.4, 0.5) is 9.59 Å². The van der Waals surface area contributed by atoms with Gasteiger partial charge in [-0.1, -0.05) is 60.7 Å². The average molecular weight is 529 g/mol. The molecular formula is C31H32N2O6. The topological polar surface area (TPSA) is 105 Å². The Morgan fingerprint density at radius 3 is 2.05 bits per heavy atom. The fourth-order valence-corrected chi connectivity index (χ4v) is 5.45. The van der Waals surface area contributed by atoms with E-state index in [4.69, 9.17) is 9.47 Å². The van der Waals surface area contributed by atoms with Crippen molar-refractivity contribution in [2.45, 2.75) is 44.2 Å². The Hall–Kier alpha value is -4.33. The van der Waals surface area contributed by atoms with Crippen molar-refractivity contribution < 1.29 is 29.0 Å². The summed E-state index contributed by atoms with van der Waals surface area (Å²) < 4.78 is 11.3. The normalized spacial score (nSPS) is 18.3. The van der Waals surface area contributed by atoms with E-state index < -0.39 is 29.8 Å². The van der Waals surface area contributed by atoms with Crippen LogP contribution in [0.1, 0.15) is 59.7 Å². The molecule has 202 valence electrons. The number of nitrogens with zero attached hydrogens (tertiary/aromatic N) is 1. The van der Waals surface area contributed by atoms with Gasteiger partial charge in [-0.15, -0.1) is 0 Å². The van der Waals surface area contributed by atoms with Gasteiger partial charge in [0.15, 0.2) is 0 Å². The lowest BCUT2D eigenvalue weighted by Gasteiger charge is -2.24.